The van der Waals surface area contributed by atoms with E-state index in [0.29, 0.717) is 6.42 Å². The molecule has 0 amide bonds. The lowest BCUT2D eigenvalue weighted by atomic mass is 10.1. The molecule has 0 bridgehead atoms. The SMILES string of the molecule is Cn1cc(-c2cccs2)c(CCC(=O)O)n1. The fourth-order valence-corrected chi connectivity index (χ4v) is 2.34. The Balaban J connectivity index is 2.27. The van der Waals surface area contributed by atoms with Gasteiger partial charge in [-0.15, -0.1) is 11.3 Å². The second-order valence-corrected chi connectivity index (χ2v) is 4.48. The van der Waals surface area contributed by atoms with Crippen molar-refractivity contribution in [2.24, 2.45) is 7.05 Å². The minimum absolute atomic E-state index is 0.120. The van der Waals surface area contributed by atoms with Gasteiger partial charge < -0.3 is 5.11 Å². The smallest absolute Gasteiger partial charge is 0.303 e. The lowest BCUT2D eigenvalue weighted by Crippen LogP contribution is -1.99. The Kier molecular flexibility index (Phi) is 3.05. The van der Waals surface area contributed by atoms with Gasteiger partial charge in [0.05, 0.1) is 12.1 Å². The van der Waals surface area contributed by atoms with Gasteiger partial charge in [0.1, 0.15) is 0 Å². The molecule has 2 heterocycles. The minimum atomic E-state index is -0.789. The molecule has 16 heavy (non-hydrogen) atoms. The van der Waals surface area contributed by atoms with Crippen LogP contribution in [0.3, 0.4) is 0 Å². The van der Waals surface area contributed by atoms with Crippen LogP contribution in [0.2, 0.25) is 0 Å². The minimum Gasteiger partial charge on any atom is -0.481 e. The van der Waals surface area contributed by atoms with Crippen molar-refractivity contribution >= 4 is 17.3 Å². The van der Waals surface area contributed by atoms with Crippen LogP contribution in [0.4, 0.5) is 0 Å². The van der Waals surface area contributed by atoms with Gasteiger partial charge in [-0.1, -0.05) is 6.07 Å². The molecule has 0 aliphatic carbocycles. The maximum absolute atomic E-state index is 10.5. The molecule has 0 saturated heterocycles. The largest absolute Gasteiger partial charge is 0.481 e. The molecule has 0 aliphatic heterocycles. The Morgan fingerprint density at radius 1 is 1.62 bits per heavy atom. The van der Waals surface area contributed by atoms with Gasteiger partial charge in [-0.05, 0) is 11.4 Å². The first-order chi connectivity index (χ1) is 7.66. The van der Waals surface area contributed by atoms with Crippen LogP contribution in [-0.4, -0.2) is 20.9 Å². The van der Waals surface area contributed by atoms with Crippen LogP contribution in [0.5, 0.6) is 0 Å². The fourth-order valence-electron chi connectivity index (χ4n) is 1.58. The third-order valence-electron chi connectivity index (χ3n) is 2.27. The van der Waals surface area contributed by atoms with Crippen molar-refractivity contribution in [3.05, 3.63) is 29.4 Å². The first-order valence-corrected chi connectivity index (χ1v) is 5.83. The molecule has 0 atom stereocenters. The number of aliphatic carboxylic acids is 1. The van der Waals surface area contributed by atoms with Gasteiger partial charge in [0, 0.05) is 30.1 Å². The van der Waals surface area contributed by atoms with Gasteiger partial charge in [-0.2, -0.15) is 5.10 Å². The summed E-state index contributed by atoms with van der Waals surface area (Å²) in [6.07, 6.45) is 2.53. The summed E-state index contributed by atoms with van der Waals surface area (Å²) in [4.78, 5) is 11.7. The number of carboxylic acids is 1. The van der Waals surface area contributed by atoms with E-state index in [9.17, 15) is 4.79 Å². The molecular weight excluding hydrogens is 224 g/mol. The normalized spacial score (nSPS) is 10.6. The molecule has 0 radical (unpaired) electrons. The summed E-state index contributed by atoms with van der Waals surface area (Å²) in [5.74, 6) is -0.789. The topological polar surface area (TPSA) is 55.1 Å². The maximum atomic E-state index is 10.5. The summed E-state index contributed by atoms with van der Waals surface area (Å²) < 4.78 is 1.73. The molecule has 5 heteroatoms. The number of thiophene rings is 1. The van der Waals surface area contributed by atoms with Crippen LogP contribution >= 0.6 is 11.3 Å². The lowest BCUT2D eigenvalue weighted by molar-refractivity contribution is -0.136. The van der Waals surface area contributed by atoms with Gasteiger partial charge >= 0.3 is 5.97 Å². The molecule has 84 valence electrons. The van der Waals surface area contributed by atoms with Crippen molar-refractivity contribution in [1.82, 2.24) is 9.78 Å². The second-order valence-electron chi connectivity index (χ2n) is 3.53. The molecular formula is C11H12N2O2S. The Bertz CT molecular complexity index is 488. The van der Waals surface area contributed by atoms with Crippen molar-refractivity contribution < 1.29 is 9.90 Å². The van der Waals surface area contributed by atoms with Gasteiger partial charge in [-0.25, -0.2) is 0 Å². The van der Waals surface area contributed by atoms with Gasteiger partial charge in [0.2, 0.25) is 0 Å². The summed E-state index contributed by atoms with van der Waals surface area (Å²) in [7, 11) is 1.85. The number of rotatable bonds is 4. The second kappa shape index (κ2) is 4.49. The van der Waals surface area contributed by atoms with Crippen molar-refractivity contribution in [3.8, 4) is 10.4 Å². The zero-order chi connectivity index (χ0) is 11.5. The monoisotopic (exact) mass is 236 g/mol. The lowest BCUT2D eigenvalue weighted by Gasteiger charge is -1.97. The number of aryl methyl sites for hydroxylation is 2. The van der Waals surface area contributed by atoms with Crippen LogP contribution in [0.25, 0.3) is 10.4 Å². The Morgan fingerprint density at radius 2 is 2.44 bits per heavy atom. The molecule has 2 aromatic heterocycles. The van der Waals surface area contributed by atoms with E-state index in [0.717, 1.165) is 16.1 Å². The summed E-state index contributed by atoms with van der Waals surface area (Å²) in [5.41, 5.74) is 1.89. The van der Waals surface area contributed by atoms with Crippen molar-refractivity contribution in [2.45, 2.75) is 12.8 Å². The van der Waals surface area contributed by atoms with E-state index in [1.165, 1.54) is 0 Å². The van der Waals surface area contributed by atoms with Gasteiger partial charge in [0.25, 0.3) is 0 Å². The first-order valence-electron chi connectivity index (χ1n) is 4.95. The zero-order valence-electron chi connectivity index (χ0n) is 8.88. The Hall–Kier alpha value is -1.62. The third kappa shape index (κ3) is 2.30. The molecule has 2 rings (SSSR count). The van der Waals surface area contributed by atoms with E-state index >= 15 is 0 Å². The first kappa shape index (κ1) is 10.9. The fraction of sp³-hybridized carbons (Fsp3) is 0.273. The summed E-state index contributed by atoms with van der Waals surface area (Å²) in [6.45, 7) is 0. The standard InChI is InChI=1S/C11H12N2O2S/c1-13-7-8(10-3-2-6-16-10)9(12-13)4-5-11(14)15/h2-3,6-7H,4-5H2,1H3,(H,14,15). The Morgan fingerprint density at radius 3 is 3.06 bits per heavy atom. The predicted octanol–water partition coefficient (Wildman–Crippen LogP) is 2.17. The number of hydrogen-bond acceptors (Lipinski definition) is 3. The predicted molar refractivity (Wildman–Crippen MR) is 62.5 cm³/mol. The van der Waals surface area contributed by atoms with E-state index in [-0.39, 0.29) is 6.42 Å². The number of carboxylic acid groups (broad SMARTS) is 1. The number of carbonyl (C=O) groups is 1. The van der Waals surface area contributed by atoms with Crippen LogP contribution in [0.1, 0.15) is 12.1 Å². The van der Waals surface area contributed by atoms with Crippen LogP contribution in [-0.2, 0) is 18.3 Å². The van der Waals surface area contributed by atoms with Crippen LogP contribution < -0.4 is 0 Å². The quantitative estimate of drug-likeness (QED) is 0.885. The van der Waals surface area contributed by atoms with Gasteiger partial charge in [0.15, 0.2) is 0 Å². The van der Waals surface area contributed by atoms with Gasteiger partial charge in [-0.3, -0.25) is 9.48 Å². The highest BCUT2D eigenvalue weighted by Crippen LogP contribution is 2.27. The average molecular weight is 236 g/mol. The van der Waals surface area contributed by atoms with Crippen LogP contribution in [0.15, 0.2) is 23.7 Å². The van der Waals surface area contributed by atoms with Crippen molar-refractivity contribution in [1.29, 1.82) is 0 Å². The molecule has 0 aliphatic rings. The highest BCUT2D eigenvalue weighted by Gasteiger charge is 2.11. The summed E-state index contributed by atoms with van der Waals surface area (Å²) in [5, 5.41) is 15.0. The number of aromatic nitrogens is 2. The average Bonchev–Trinajstić information content (AvgIpc) is 2.82. The molecule has 0 fully saturated rings. The molecule has 2 aromatic rings. The van der Waals surface area contributed by atoms with E-state index in [1.54, 1.807) is 16.0 Å². The van der Waals surface area contributed by atoms with Crippen molar-refractivity contribution in [3.63, 3.8) is 0 Å². The molecule has 0 unspecified atom stereocenters. The van der Waals surface area contributed by atoms with Crippen LogP contribution in [0, 0.1) is 0 Å². The molecule has 1 N–H and O–H groups in total. The van der Waals surface area contributed by atoms with E-state index in [4.69, 9.17) is 5.11 Å². The van der Waals surface area contributed by atoms with Crippen molar-refractivity contribution in [2.75, 3.05) is 0 Å². The highest BCUT2D eigenvalue weighted by molar-refractivity contribution is 7.13. The summed E-state index contributed by atoms with van der Waals surface area (Å²) in [6, 6.07) is 4.00. The molecule has 4 nitrogen and oxygen atoms in total. The van der Waals surface area contributed by atoms with E-state index in [1.807, 2.05) is 30.8 Å². The maximum Gasteiger partial charge on any atom is 0.303 e. The molecule has 0 saturated carbocycles. The number of nitrogens with zero attached hydrogens (tertiary/aromatic N) is 2. The highest BCUT2D eigenvalue weighted by atomic mass is 32.1. The van der Waals surface area contributed by atoms with E-state index < -0.39 is 5.97 Å². The number of hydrogen-bond donors (Lipinski definition) is 1. The molecule has 0 aromatic carbocycles. The van der Waals surface area contributed by atoms with E-state index in [2.05, 4.69) is 5.10 Å². The third-order valence-corrected chi connectivity index (χ3v) is 3.17. The Labute approximate surface area is 97.2 Å². The zero-order valence-corrected chi connectivity index (χ0v) is 9.70. The summed E-state index contributed by atoms with van der Waals surface area (Å²) >= 11 is 1.64. The molecule has 0 spiro atoms.